The molecule has 1 aliphatic rings. The Bertz CT molecular complexity index is 3700. The van der Waals surface area contributed by atoms with E-state index >= 15 is 0 Å². The van der Waals surface area contributed by atoms with Crippen molar-refractivity contribution in [2.24, 2.45) is 0 Å². The van der Waals surface area contributed by atoms with Gasteiger partial charge in [-0.2, -0.15) is 0 Å². The van der Waals surface area contributed by atoms with Gasteiger partial charge in [0.2, 0.25) is 0 Å². The molecule has 0 N–H and O–H groups in total. The lowest BCUT2D eigenvalue weighted by Crippen LogP contribution is -2.16. The number of rotatable bonds is 7. The SMILES string of the molecule is CC1(C)c2ccccc2-c2ccc(N(c3ccc(-c4ccccc4)cc3)c3ccc(-c4cc(-c5cccc6c5oc5ccccc56)cc(-c5cccc6c5oc5ccccc56)c4)cc3)cc21. The fraction of sp³-hybridized carbons (Fsp3) is 0.0476. The van der Waals surface area contributed by atoms with Crippen molar-refractivity contribution in [1.29, 1.82) is 0 Å². The van der Waals surface area contributed by atoms with Gasteiger partial charge >= 0.3 is 0 Å². The number of furan rings is 2. The molecule has 0 radical (unpaired) electrons. The zero-order valence-electron chi connectivity index (χ0n) is 36.6. The third kappa shape index (κ3) is 6.04. The van der Waals surface area contributed by atoms with Crippen LogP contribution in [0.25, 0.3) is 99.5 Å². The van der Waals surface area contributed by atoms with Gasteiger partial charge in [0, 0.05) is 55.1 Å². The van der Waals surface area contributed by atoms with Crippen LogP contribution in [0, 0.1) is 0 Å². The van der Waals surface area contributed by atoms with E-state index in [9.17, 15) is 0 Å². The maximum Gasteiger partial charge on any atom is 0.143 e. The second-order valence-electron chi connectivity index (χ2n) is 18.1. The minimum atomic E-state index is -0.128. The number of hydrogen-bond acceptors (Lipinski definition) is 3. The summed E-state index contributed by atoms with van der Waals surface area (Å²) in [5, 5.41) is 4.44. The molecule has 66 heavy (non-hydrogen) atoms. The minimum Gasteiger partial charge on any atom is -0.455 e. The molecule has 2 aromatic heterocycles. The molecule has 0 saturated carbocycles. The third-order valence-electron chi connectivity index (χ3n) is 13.9. The predicted octanol–water partition coefficient (Wildman–Crippen LogP) is 17.9. The van der Waals surface area contributed by atoms with Crippen LogP contribution in [0.15, 0.2) is 233 Å². The van der Waals surface area contributed by atoms with Crippen LogP contribution in [0.4, 0.5) is 17.1 Å². The lowest BCUT2D eigenvalue weighted by molar-refractivity contribution is 0.660. The average molecular weight is 846 g/mol. The van der Waals surface area contributed by atoms with Gasteiger partial charge in [-0.25, -0.2) is 0 Å². The van der Waals surface area contributed by atoms with Crippen molar-refractivity contribution in [3.8, 4) is 55.6 Å². The van der Waals surface area contributed by atoms with Crippen molar-refractivity contribution >= 4 is 60.9 Å². The molecule has 0 atom stereocenters. The van der Waals surface area contributed by atoms with Crippen molar-refractivity contribution in [3.63, 3.8) is 0 Å². The molecule has 0 aliphatic heterocycles. The Balaban J connectivity index is 0.965. The molecule has 0 saturated heterocycles. The zero-order chi connectivity index (χ0) is 43.9. The Morgan fingerprint density at radius 3 is 1.35 bits per heavy atom. The van der Waals surface area contributed by atoms with Gasteiger partial charge in [-0.05, 0) is 122 Å². The number of nitrogens with zero attached hydrogens (tertiary/aromatic N) is 1. The maximum atomic E-state index is 6.63. The summed E-state index contributed by atoms with van der Waals surface area (Å²) in [5.41, 5.74) is 20.9. The zero-order valence-corrected chi connectivity index (χ0v) is 36.6. The van der Waals surface area contributed by atoms with Gasteiger partial charge in [-0.15, -0.1) is 0 Å². The van der Waals surface area contributed by atoms with E-state index in [1.54, 1.807) is 0 Å². The Morgan fingerprint density at radius 2 is 0.742 bits per heavy atom. The summed E-state index contributed by atoms with van der Waals surface area (Å²) in [4.78, 5) is 2.39. The summed E-state index contributed by atoms with van der Waals surface area (Å²) in [6, 6.07) is 80.9. The first-order valence-corrected chi connectivity index (χ1v) is 22.7. The first-order valence-electron chi connectivity index (χ1n) is 22.7. The fourth-order valence-corrected chi connectivity index (χ4v) is 10.6. The average Bonchev–Trinajstić information content (AvgIpc) is 4.02. The van der Waals surface area contributed by atoms with Gasteiger partial charge in [0.1, 0.15) is 22.3 Å². The van der Waals surface area contributed by atoms with E-state index in [0.29, 0.717) is 0 Å². The van der Waals surface area contributed by atoms with Crippen LogP contribution >= 0.6 is 0 Å². The third-order valence-corrected chi connectivity index (χ3v) is 13.9. The molecule has 10 aromatic carbocycles. The Labute approximate surface area is 383 Å². The highest BCUT2D eigenvalue weighted by Crippen LogP contribution is 2.51. The number of para-hydroxylation sites is 4. The van der Waals surface area contributed by atoms with Gasteiger partial charge in [0.15, 0.2) is 0 Å². The summed E-state index contributed by atoms with van der Waals surface area (Å²) in [7, 11) is 0. The molecule has 0 bridgehead atoms. The smallest absolute Gasteiger partial charge is 0.143 e. The van der Waals surface area contributed by atoms with Crippen LogP contribution in [0.3, 0.4) is 0 Å². The summed E-state index contributed by atoms with van der Waals surface area (Å²) >= 11 is 0. The Hall–Kier alpha value is -8.40. The fourth-order valence-electron chi connectivity index (χ4n) is 10.6. The van der Waals surface area contributed by atoms with Crippen LogP contribution in [0.2, 0.25) is 0 Å². The van der Waals surface area contributed by atoms with E-state index in [1.807, 2.05) is 24.3 Å². The van der Waals surface area contributed by atoms with Crippen molar-refractivity contribution in [2.75, 3.05) is 4.90 Å². The molecule has 0 fully saturated rings. The summed E-state index contributed by atoms with van der Waals surface area (Å²) < 4.78 is 13.3. The number of hydrogen-bond donors (Lipinski definition) is 0. The molecule has 3 heteroatoms. The second-order valence-corrected chi connectivity index (χ2v) is 18.1. The van der Waals surface area contributed by atoms with Crippen LogP contribution in [0.1, 0.15) is 25.0 Å². The van der Waals surface area contributed by atoms with E-state index in [2.05, 4.69) is 219 Å². The van der Waals surface area contributed by atoms with Crippen LogP contribution in [0.5, 0.6) is 0 Å². The van der Waals surface area contributed by atoms with E-state index in [1.165, 1.54) is 33.4 Å². The van der Waals surface area contributed by atoms with Gasteiger partial charge < -0.3 is 13.7 Å². The molecule has 3 nitrogen and oxygen atoms in total. The molecule has 1 aliphatic carbocycles. The first kappa shape index (κ1) is 38.1. The first-order chi connectivity index (χ1) is 32.5. The van der Waals surface area contributed by atoms with E-state index < -0.39 is 0 Å². The molecule has 13 rings (SSSR count). The van der Waals surface area contributed by atoms with E-state index in [-0.39, 0.29) is 5.41 Å². The second kappa shape index (κ2) is 14.8. The quantitative estimate of drug-likeness (QED) is 0.160. The Kier molecular flexibility index (Phi) is 8.56. The summed E-state index contributed by atoms with van der Waals surface area (Å²) in [6.07, 6.45) is 0. The van der Waals surface area contributed by atoms with Gasteiger partial charge in [-0.1, -0.05) is 172 Å². The molecule has 12 aromatic rings. The molecule has 0 amide bonds. The number of fused-ring (bicyclic) bond motifs is 9. The molecule has 312 valence electrons. The monoisotopic (exact) mass is 845 g/mol. The predicted molar refractivity (Wildman–Crippen MR) is 275 cm³/mol. The molecule has 2 heterocycles. The molecule has 0 unspecified atom stereocenters. The van der Waals surface area contributed by atoms with E-state index in [4.69, 9.17) is 8.83 Å². The van der Waals surface area contributed by atoms with Crippen molar-refractivity contribution in [2.45, 2.75) is 19.3 Å². The number of benzene rings is 10. The normalized spacial score (nSPS) is 12.8. The van der Waals surface area contributed by atoms with E-state index in [0.717, 1.165) is 94.3 Å². The van der Waals surface area contributed by atoms with Crippen LogP contribution < -0.4 is 4.90 Å². The van der Waals surface area contributed by atoms with Crippen LogP contribution in [-0.4, -0.2) is 0 Å². The van der Waals surface area contributed by atoms with Gasteiger partial charge in [-0.3, -0.25) is 0 Å². The topological polar surface area (TPSA) is 29.5 Å². The maximum absolute atomic E-state index is 6.63. The molecular weight excluding hydrogens is 803 g/mol. The number of anilines is 3. The van der Waals surface area contributed by atoms with Crippen molar-refractivity contribution < 1.29 is 8.83 Å². The lowest BCUT2D eigenvalue weighted by atomic mass is 9.82. The standard InChI is InChI=1S/C63H43NO2/c1-63(2)57-23-9-6-16-51(57)52-35-34-48(39-58(52)63)64(46-30-26-41(27-31-46)40-14-4-3-5-15-40)47-32-28-42(29-33-47)43-36-44(49-19-12-21-55-53-17-7-10-24-59(53)65-61(49)55)38-45(37-43)50-20-13-22-56-54-18-8-11-25-60(54)66-62(50)56/h3-39H,1-2H3. The largest absolute Gasteiger partial charge is 0.455 e. The van der Waals surface area contributed by atoms with Crippen LogP contribution in [-0.2, 0) is 5.41 Å². The van der Waals surface area contributed by atoms with Gasteiger partial charge in [0.05, 0.1) is 0 Å². The molecular formula is C63H43NO2. The summed E-state index contributed by atoms with van der Waals surface area (Å²) in [6.45, 7) is 4.70. The highest BCUT2D eigenvalue weighted by Gasteiger charge is 2.35. The highest BCUT2D eigenvalue weighted by atomic mass is 16.3. The van der Waals surface area contributed by atoms with Crippen molar-refractivity contribution in [1.82, 2.24) is 0 Å². The van der Waals surface area contributed by atoms with Gasteiger partial charge in [0.25, 0.3) is 0 Å². The van der Waals surface area contributed by atoms with Crippen molar-refractivity contribution in [3.05, 3.63) is 236 Å². The highest BCUT2D eigenvalue weighted by molar-refractivity contribution is 6.12. The summed E-state index contributed by atoms with van der Waals surface area (Å²) in [5.74, 6) is 0. The molecule has 0 spiro atoms. The lowest BCUT2D eigenvalue weighted by Gasteiger charge is -2.28. The minimum absolute atomic E-state index is 0.128. The Morgan fingerprint density at radius 1 is 0.303 bits per heavy atom.